The van der Waals surface area contributed by atoms with Gasteiger partial charge in [0.25, 0.3) is 0 Å². The summed E-state index contributed by atoms with van der Waals surface area (Å²) in [7, 11) is 0. The fraction of sp³-hybridized carbons (Fsp3) is 0.0870. The van der Waals surface area contributed by atoms with E-state index in [1.165, 1.54) is 0 Å². The van der Waals surface area contributed by atoms with Crippen LogP contribution in [-0.2, 0) is 16.0 Å². The van der Waals surface area contributed by atoms with Crippen LogP contribution in [0.3, 0.4) is 0 Å². The molecular formula is C23H18O2. The van der Waals surface area contributed by atoms with Gasteiger partial charge in [-0.05, 0) is 22.3 Å². The second kappa shape index (κ2) is 6.40. The molecule has 0 atom stereocenters. The first-order valence-electron chi connectivity index (χ1n) is 8.35. The lowest BCUT2D eigenvalue weighted by atomic mass is 10.1. The van der Waals surface area contributed by atoms with E-state index < -0.39 is 0 Å². The number of carbonyl (C=O) groups excluding carboxylic acids is 1. The molecule has 1 aliphatic carbocycles. The van der Waals surface area contributed by atoms with E-state index in [1.54, 1.807) is 6.08 Å². The Morgan fingerprint density at radius 3 is 2.00 bits per heavy atom. The van der Waals surface area contributed by atoms with Crippen LogP contribution in [0, 0.1) is 0 Å². The maximum Gasteiger partial charge on any atom is 0.311 e. The molecule has 3 aromatic carbocycles. The van der Waals surface area contributed by atoms with E-state index in [2.05, 4.69) is 18.7 Å². The second-order valence-corrected chi connectivity index (χ2v) is 6.17. The lowest BCUT2D eigenvalue weighted by Gasteiger charge is -2.15. The molecule has 122 valence electrons. The van der Waals surface area contributed by atoms with E-state index >= 15 is 0 Å². The standard InChI is InChI=1S/C23H18O2/c1-2-16-11-13-17(14-12-16)15-22(24)25-23-20-9-5-3-7-18(20)19-8-4-6-10-21(19)23/h2-14,23H,1,15H2. The van der Waals surface area contributed by atoms with E-state index in [4.69, 9.17) is 4.74 Å². The van der Waals surface area contributed by atoms with Gasteiger partial charge in [-0.3, -0.25) is 4.79 Å². The summed E-state index contributed by atoms with van der Waals surface area (Å²) >= 11 is 0. The summed E-state index contributed by atoms with van der Waals surface area (Å²) in [5.74, 6) is -0.220. The fourth-order valence-electron chi connectivity index (χ4n) is 3.35. The molecule has 3 aromatic rings. The SMILES string of the molecule is C=Cc1ccc(CC(=O)OC2c3ccccc3-c3ccccc32)cc1. The summed E-state index contributed by atoms with van der Waals surface area (Å²) in [6.07, 6.45) is 1.72. The molecule has 0 saturated heterocycles. The average molecular weight is 326 g/mol. The van der Waals surface area contributed by atoms with Gasteiger partial charge in [-0.2, -0.15) is 0 Å². The van der Waals surface area contributed by atoms with Crippen molar-refractivity contribution in [2.75, 3.05) is 0 Å². The van der Waals surface area contributed by atoms with Crippen molar-refractivity contribution >= 4 is 12.0 Å². The van der Waals surface area contributed by atoms with Gasteiger partial charge in [-0.1, -0.05) is 85.5 Å². The first-order valence-corrected chi connectivity index (χ1v) is 8.35. The van der Waals surface area contributed by atoms with Gasteiger partial charge in [0, 0.05) is 11.1 Å². The molecule has 0 heterocycles. The molecule has 0 radical (unpaired) electrons. The third-order valence-corrected chi connectivity index (χ3v) is 4.59. The minimum Gasteiger partial charge on any atom is -0.452 e. The van der Waals surface area contributed by atoms with Crippen LogP contribution in [0.1, 0.15) is 28.4 Å². The number of ether oxygens (including phenoxy) is 1. The Morgan fingerprint density at radius 2 is 1.44 bits per heavy atom. The second-order valence-electron chi connectivity index (χ2n) is 6.17. The number of esters is 1. The van der Waals surface area contributed by atoms with Crippen LogP contribution in [-0.4, -0.2) is 5.97 Å². The topological polar surface area (TPSA) is 26.3 Å². The maximum absolute atomic E-state index is 12.5. The molecule has 25 heavy (non-hydrogen) atoms. The monoisotopic (exact) mass is 326 g/mol. The zero-order chi connectivity index (χ0) is 17.2. The van der Waals surface area contributed by atoms with Crippen molar-refractivity contribution in [1.82, 2.24) is 0 Å². The maximum atomic E-state index is 12.5. The minimum atomic E-state index is -0.327. The summed E-state index contributed by atoms with van der Waals surface area (Å²) in [5.41, 5.74) is 6.38. The summed E-state index contributed by atoms with van der Waals surface area (Å²) in [6, 6.07) is 24.0. The zero-order valence-corrected chi connectivity index (χ0v) is 13.8. The predicted molar refractivity (Wildman–Crippen MR) is 100 cm³/mol. The van der Waals surface area contributed by atoms with Gasteiger partial charge >= 0.3 is 5.97 Å². The molecule has 0 bridgehead atoms. The Morgan fingerprint density at radius 1 is 0.880 bits per heavy atom. The molecule has 4 rings (SSSR count). The number of hydrogen-bond acceptors (Lipinski definition) is 2. The minimum absolute atomic E-state index is 0.220. The van der Waals surface area contributed by atoms with Crippen molar-refractivity contribution < 1.29 is 9.53 Å². The van der Waals surface area contributed by atoms with Gasteiger partial charge in [-0.15, -0.1) is 0 Å². The van der Waals surface area contributed by atoms with E-state index in [9.17, 15) is 4.79 Å². The molecule has 2 nitrogen and oxygen atoms in total. The highest BCUT2D eigenvalue weighted by atomic mass is 16.5. The molecule has 0 spiro atoms. The van der Waals surface area contributed by atoms with Crippen molar-refractivity contribution in [2.24, 2.45) is 0 Å². The molecule has 0 amide bonds. The lowest BCUT2D eigenvalue weighted by Crippen LogP contribution is -2.13. The van der Waals surface area contributed by atoms with Crippen LogP contribution in [0.15, 0.2) is 79.4 Å². The molecule has 0 fully saturated rings. The molecule has 2 heteroatoms. The smallest absolute Gasteiger partial charge is 0.311 e. The molecule has 0 unspecified atom stereocenters. The highest BCUT2D eigenvalue weighted by Crippen LogP contribution is 2.45. The van der Waals surface area contributed by atoms with Gasteiger partial charge < -0.3 is 4.74 Å². The van der Waals surface area contributed by atoms with Crippen molar-refractivity contribution in [3.05, 3.63) is 102 Å². The molecule has 0 saturated carbocycles. The quantitative estimate of drug-likeness (QED) is 0.617. The first-order chi connectivity index (χ1) is 12.3. The van der Waals surface area contributed by atoms with Gasteiger partial charge in [-0.25, -0.2) is 0 Å². The molecule has 0 N–H and O–H groups in total. The number of rotatable bonds is 4. The van der Waals surface area contributed by atoms with Gasteiger partial charge in [0.05, 0.1) is 6.42 Å². The van der Waals surface area contributed by atoms with Crippen molar-refractivity contribution in [3.8, 4) is 11.1 Å². The van der Waals surface area contributed by atoms with E-state index in [-0.39, 0.29) is 18.5 Å². The predicted octanol–water partition coefficient (Wildman–Crippen LogP) is 5.19. The van der Waals surface area contributed by atoms with Crippen molar-refractivity contribution in [1.29, 1.82) is 0 Å². The Hall–Kier alpha value is -3.13. The van der Waals surface area contributed by atoms with Crippen LogP contribution in [0.4, 0.5) is 0 Å². The Balaban J connectivity index is 1.57. The van der Waals surface area contributed by atoms with E-state index in [0.29, 0.717) is 0 Å². The lowest BCUT2D eigenvalue weighted by molar-refractivity contribution is -0.146. The number of carbonyl (C=O) groups is 1. The van der Waals surface area contributed by atoms with E-state index in [1.807, 2.05) is 60.7 Å². The van der Waals surface area contributed by atoms with Crippen LogP contribution in [0.25, 0.3) is 17.2 Å². The number of fused-ring (bicyclic) bond motifs is 3. The van der Waals surface area contributed by atoms with Crippen LogP contribution in [0.2, 0.25) is 0 Å². The molecule has 0 aromatic heterocycles. The van der Waals surface area contributed by atoms with Crippen molar-refractivity contribution in [2.45, 2.75) is 12.5 Å². The summed E-state index contributed by atoms with van der Waals surface area (Å²) < 4.78 is 5.87. The Bertz CT molecular complexity index is 893. The van der Waals surface area contributed by atoms with Crippen LogP contribution < -0.4 is 0 Å². The van der Waals surface area contributed by atoms with Crippen LogP contribution in [0.5, 0.6) is 0 Å². The number of benzene rings is 3. The van der Waals surface area contributed by atoms with Gasteiger partial charge in [0.15, 0.2) is 6.10 Å². The average Bonchev–Trinajstić information content (AvgIpc) is 2.97. The summed E-state index contributed by atoms with van der Waals surface area (Å²) in [5, 5.41) is 0. The van der Waals surface area contributed by atoms with Gasteiger partial charge in [0.2, 0.25) is 0 Å². The van der Waals surface area contributed by atoms with Crippen LogP contribution >= 0.6 is 0 Å². The summed E-state index contributed by atoms with van der Waals surface area (Å²) in [6.45, 7) is 3.74. The fourth-order valence-corrected chi connectivity index (χ4v) is 3.35. The molecule has 1 aliphatic rings. The first kappa shape index (κ1) is 15.4. The Kier molecular flexibility index (Phi) is 3.95. The normalized spacial score (nSPS) is 12.3. The zero-order valence-electron chi connectivity index (χ0n) is 13.8. The van der Waals surface area contributed by atoms with Gasteiger partial charge in [0.1, 0.15) is 0 Å². The summed E-state index contributed by atoms with van der Waals surface area (Å²) in [4.78, 5) is 12.5. The largest absolute Gasteiger partial charge is 0.452 e. The third-order valence-electron chi connectivity index (χ3n) is 4.59. The van der Waals surface area contributed by atoms with E-state index in [0.717, 1.165) is 33.4 Å². The third kappa shape index (κ3) is 2.87. The highest BCUT2D eigenvalue weighted by Gasteiger charge is 2.30. The molecular weight excluding hydrogens is 308 g/mol. The Labute approximate surface area is 147 Å². The number of hydrogen-bond donors (Lipinski definition) is 0. The molecule has 0 aliphatic heterocycles. The highest BCUT2D eigenvalue weighted by molar-refractivity contribution is 5.80. The van der Waals surface area contributed by atoms with Crippen molar-refractivity contribution in [3.63, 3.8) is 0 Å².